The van der Waals surface area contributed by atoms with Crippen LogP contribution in [0.25, 0.3) is 0 Å². The molecule has 3 atom stereocenters. The van der Waals surface area contributed by atoms with Crippen LogP contribution >= 0.6 is 0 Å². The van der Waals surface area contributed by atoms with Crippen molar-refractivity contribution in [3.05, 3.63) is 0 Å². The molecule has 2 aliphatic rings. The molecule has 0 spiro atoms. The van der Waals surface area contributed by atoms with Crippen molar-refractivity contribution in [1.82, 2.24) is 4.90 Å². The third-order valence-corrected chi connectivity index (χ3v) is 3.36. The van der Waals surface area contributed by atoms with E-state index >= 15 is 0 Å². The van der Waals surface area contributed by atoms with E-state index in [0.717, 1.165) is 13.2 Å². The van der Waals surface area contributed by atoms with Crippen molar-refractivity contribution in [2.75, 3.05) is 19.7 Å². The van der Waals surface area contributed by atoms with Gasteiger partial charge in [-0.3, -0.25) is 0 Å². The standard InChI is InChI=1S/C12H21NO3/c1-8-9-5-13(6-10(8)15-7-9)11(14)16-12(2,3)4/h8-10H,5-7H2,1-4H3. The predicted octanol–water partition coefficient (Wildman–Crippen LogP) is 1.89. The third-order valence-electron chi connectivity index (χ3n) is 3.36. The Kier molecular flexibility index (Phi) is 2.86. The Morgan fingerprint density at radius 1 is 1.38 bits per heavy atom. The highest BCUT2D eigenvalue weighted by atomic mass is 16.6. The van der Waals surface area contributed by atoms with E-state index in [0.29, 0.717) is 18.4 Å². The molecule has 0 aromatic rings. The van der Waals surface area contributed by atoms with Crippen molar-refractivity contribution in [3.8, 4) is 0 Å². The Bertz CT molecular complexity index is 270. The molecule has 2 aliphatic heterocycles. The van der Waals surface area contributed by atoms with Crippen LogP contribution in [0.1, 0.15) is 27.7 Å². The molecule has 4 nitrogen and oxygen atoms in total. The van der Waals surface area contributed by atoms with Crippen LogP contribution in [-0.4, -0.2) is 42.4 Å². The van der Waals surface area contributed by atoms with Gasteiger partial charge in [0.25, 0.3) is 0 Å². The molecule has 1 amide bonds. The second-order valence-corrected chi connectivity index (χ2v) is 5.88. The lowest BCUT2D eigenvalue weighted by molar-refractivity contribution is 0.00260. The SMILES string of the molecule is CC1C2COC1CN(C(=O)OC(C)(C)C)C2. The van der Waals surface area contributed by atoms with Crippen molar-refractivity contribution in [3.63, 3.8) is 0 Å². The van der Waals surface area contributed by atoms with Crippen LogP contribution in [0.5, 0.6) is 0 Å². The van der Waals surface area contributed by atoms with Gasteiger partial charge in [-0.25, -0.2) is 4.79 Å². The number of hydrogen-bond acceptors (Lipinski definition) is 3. The maximum absolute atomic E-state index is 11.9. The van der Waals surface area contributed by atoms with E-state index in [1.54, 1.807) is 4.90 Å². The number of nitrogens with zero attached hydrogens (tertiary/aromatic N) is 1. The molecule has 0 radical (unpaired) electrons. The minimum Gasteiger partial charge on any atom is -0.444 e. The average molecular weight is 227 g/mol. The smallest absolute Gasteiger partial charge is 0.410 e. The number of carbonyl (C=O) groups is 1. The predicted molar refractivity (Wildman–Crippen MR) is 60.2 cm³/mol. The van der Waals surface area contributed by atoms with Gasteiger partial charge in [-0.15, -0.1) is 0 Å². The molecule has 2 saturated heterocycles. The Morgan fingerprint density at radius 3 is 2.62 bits per heavy atom. The number of fused-ring (bicyclic) bond motifs is 2. The highest BCUT2D eigenvalue weighted by molar-refractivity contribution is 5.68. The summed E-state index contributed by atoms with van der Waals surface area (Å²) in [7, 11) is 0. The zero-order valence-electron chi connectivity index (χ0n) is 10.5. The second kappa shape index (κ2) is 3.91. The molecule has 0 N–H and O–H groups in total. The molecule has 92 valence electrons. The molecular weight excluding hydrogens is 206 g/mol. The average Bonchev–Trinajstić information content (AvgIpc) is 2.38. The molecule has 16 heavy (non-hydrogen) atoms. The fourth-order valence-electron chi connectivity index (χ4n) is 2.34. The number of likely N-dealkylation sites (tertiary alicyclic amines) is 1. The van der Waals surface area contributed by atoms with Crippen LogP contribution in [-0.2, 0) is 9.47 Å². The molecule has 4 heteroatoms. The van der Waals surface area contributed by atoms with E-state index in [4.69, 9.17) is 9.47 Å². The number of hydrogen-bond donors (Lipinski definition) is 0. The fraction of sp³-hybridized carbons (Fsp3) is 0.917. The van der Waals surface area contributed by atoms with E-state index in [9.17, 15) is 4.79 Å². The zero-order chi connectivity index (χ0) is 11.9. The maximum Gasteiger partial charge on any atom is 0.410 e. The van der Waals surface area contributed by atoms with Gasteiger partial charge in [0.05, 0.1) is 19.3 Å². The summed E-state index contributed by atoms with van der Waals surface area (Å²) in [4.78, 5) is 13.7. The summed E-state index contributed by atoms with van der Waals surface area (Å²) in [6, 6.07) is 0. The number of rotatable bonds is 0. The first kappa shape index (κ1) is 11.7. The van der Waals surface area contributed by atoms with E-state index < -0.39 is 5.60 Å². The van der Waals surface area contributed by atoms with Crippen LogP contribution in [0.2, 0.25) is 0 Å². The first-order valence-corrected chi connectivity index (χ1v) is 5.96. The molecule has 2 heterocycles. The minimum absolute atomic E-state index is 0.200. The van der Waals surface area contributed by atoms with Crippen molar-refractivity contribution >= 4 is 6.09 Å². The van der Waals surface area contributed by atoms with Crippen molar-refractivity contribution in [1.29, 1.82) is 0 Å². The molecule has 3 unspecified atom stereocenters. The Balaban J connectivity index is 1.95. The van der Waals surface area contributed by atoms with Crippen LogP contribution < -0.4 is 0 Å². The van der Waals surface area contributed by atoms with Gasteiger partial charge in [-0.1, -0.05) is 6.92 Å². The quantitative estimate of drug-likeness (QED) is 0.634. The summed E-state index contributed by atoms with van der Waals surface area (Å²) in [5.74, 6) is 1.05. The van der Waals surface area contributed by atoms with Gasteiger partial charge in [0, 0.05) is 12.5 Å². The van der Waals surface area contributed by atoms with E-state index in [-0.39, 0.29) is 12.2 Å². The van der Waals surface area contributed by atoms with Gasteiger partial charge in [-0.2, -0.15) is 0 Å². The summed E-state index contributed by atoms with van der Waals surface area (Å²) in [6.45, 7) is 10.1. The van der Waals surface area contributed by atoms with Gasteiger partial charge < -0.3 is 14.4 Å². The fourth-order valence-corrected chi connectivity index (χ4v) is 2.34. The minimum atomic E-state index is -0.417. The van der Waals surface area contributed by atoms with Crippen molar-refractivity contribution in [2.45, 2.75) is 39.4 Å². The normalized spacial score (nSPS) is 34.0. The molecule has 2 rings (SSSR count). The lowest BCUT2D eigenvalue weighted by Gasteiger charge is -2.35. The van der Waals surface area contributed by atoms with E-state index in [1.165, 1.54) is 0 Å². The lowest BCUT2D eigenvalue weighted by atomic mass is 9.89. The topological polar surface area (TPSA) is 38.8 Å². The second-order valence-electron chi connectivity index (χ2n) is 5.88. The zero-order valence-corrected chi connectivity index (χ0v) is 10.5. The molecular formula is C12H21NO3. The number of carbonyl (C=O) groups excluding carboxylic acids is 1. The number of piperidine rings is 1. The molecule has 2 fully saturated rings. The lowest BCUT2D eigenvalue weighted by Crippen LogP contribution is -2.48. The molecule has 0 aliphatic carbocycles. The van der Waals surface area contributed by atoms with Gasteiger partial charge in [0.2, 0.25) is 0 Å². The first-order valence-electron chi connectivity index (χ1n) is 5.96. The molecule has 0 aromatic carbocycles. The van der Waals surface area contributed by atoms with E-state index in [1.807, 2.05) is 20.8 Å². The Hall–Kier alpha value is -0.770. The largest absolute Gasteiger partial charge is 0.444 e. The van der Waals surface area contributed by atoms with Gasteiger partial charge in [0.15, 0.2) is 0 Å². The number of ether oxygens (including phenoxy) is 2. The van der Waals surface area contributed by atoms with Crippen LogP contribution in [0.4, 0.5) is 4.79 Å². The highest BCUT2D eigenvalue weighted by Gasteiger charge is 2.42. The van der Waals surface area contributed by atoms with Crippen LogP contribution in [0, 0.1) is 11.8 Å². The summed E-state index contributed by atoms with van der Waals surface area (Å²) in [5.41, 5.74) is -0.417. The molecule has 2 bridgehead atoms. The summed E-state index contributed by atoms with van der Waals surface area (Å²) < 4.78 is 11.0. The highest BCUT2D eigenvalue weighted by Crippen LogP contribution is 2.33. The summed E-state index contributed by atoms with van der Waals surface area (Å²) in [6.07, 6.45) is -0.00818. The van der Waals surface area contributed by atoms with Crippen molar-refractivity contribution < 1.29 is 14.3 Å². The maximum atomic E-state index is 11.9. The Morgan fingerprint density at radius 2 is 2.06 bits per heavy atom. The molecule has 0 saturated carbocycles. The monoisotopic (exact) mass is 227 g/mol. The summed E-state index contributed by atoms with van der Waals surface area (Å²) >= 11 is 0. The summed E-state index contributed by atoms with van der Waals surface area (Å²) in [5, 5.41) is 0. The van der Waals surface area contributed by atoms with Crippen LogP contribution in [0.15, 0.2) is 0 Å². The van der Waals surface area contributed by atoms with Gasteiger partial charge in [-0.05, 0) is 26.7 Å². The van der Waals surface area contributed by atoms with Crippen LogP contribution in [0.3, 0.4) is 0 Å². The van der Waals surface area contributed by atoms with Gasteiger partial charge >= 0.3 is 6.09 Å². The van der Waals surface area contributed by atoms with Crippen molar-refractivity contribution in [2.24, 2.45) is 11.8 Å². The number of amides is 1. The third kappa shape index (κ3) is 2.32. The van der Waals surface area contributed by atoms with Gasteiger partial charge in [0.1, 0.15) is 5.60 Å². The van der Waals surface area contributed by atoms with E-state index in [2.05, 4.69) is 6.92 Å². The molecule has 0 aromatic heterocycles. The Labute approximate surface area is 96.9 Å². The first-order chi connectivity index (χ1) is 7.37.